The second-order valence-electron chi connectivity index (χ2n) is 3.68. The van der Waals surface area contributed by atoms with Crippen molar-refractivity contribution >= 4 is 11.8 Å². The first-order valence-electron chi connectivity index (χ1n) is 4.17. The molecule has 0 aromatic rings. The number of alkyl halides is 1. The topological polar surface area (TPSA) is 32.3 Å². The van der Waals surface area contributed by atoms with Gasteiger partial charge in [0.15, 0.2) is 0 Å². The molecule has 0 amide bonds. The van der Waals surface area contributed by atoms with Crippen molar-refractivity contribution in [1.29, 1.82) is 0 Å². The summed E-state index contributed by atoms with van der Waals surface area (Å²) in [5.41, 5.74) is 0. The van der Waals surface area contributed by atoms with Gasteiger partial charge < -0.3 is 10.4 Å². The Morgan fingerprint density at radius 3 is 2.75 bits per heavy atom. The molecule has 0 radical (unpaired) electrons. The van der Waals surface area contributed by atoms with Crippen LogP contribution in [0.15, 0.2) is 0 Å². The van der Waals surface area contributed by atoms with Crippen molar-refractivity contribution in [3.05, 3.63) is 0 Å². The molecule has 0 aromatic carbocycles. The van der Waals surface area contributed by atoms with E-state index in [1.807, 2.05) is 11.8 Å². The highest BCUT2D eigenvalue weighted by Crippen LogP contribution is 2.39. The third kappa shape index (κ3) is 2.34. The molecule has 0 bridgehead atoms. The van der Waals surface area contributed by atoms with Crippen LogP contribution in [0.25, 0.3) is 0 Å². The largest absolute Gasteiger partial charge is 0.389 e. The molecule has 2 nitrogen and oxygen atoms in total. The number of aliphatic hydroxyl groups is 1. The molecular formula is C8H16FNOS. The third-order valence-corrected chi connectivity index (χ3v) is 3.77. The SMILES string of the molecule is CC1(C)SCC1NCC(O)CF. The van der Waals surface area contributed by atoms with Crippen LogP contribution in [0.5, 0.6) is 0 Å². The van der Waals surface area contributed by atoms with Crippen LogP contribution in [-0.4, -0.2) is 41.0 Å². The van der Waals surface area contributed by atoms with Crippen molar-refractivity contribution in [3.63, 3.8) is 0 Å². The number of halogens is 1. The Morgan fingerprint density at radius 1 is 1.75 bits per heavy atom. The lowest BCUT2D eigenvalue weighted by Crippen LogP contribution is -2.56. The average molecular weight is 193 g/mol. The maximum Gasteiger partial charge on any atom is 0.117 e. The van der Waals surface area contributed by atoms with E-state index in [9.17, 15) is 4.39 Å². The molecule has 2 N–H and O–H groups in total. The Morgan fingerprint density at radius 2 is 2.42 bits per heavy atom. The molecule has 1 saturated heterocycles. The van der Waals surface area contributed by atoms with Crippen molar-refractivity contribution in [2.24, 2.45) is 0 Å². The highest BCUT2D eigenvalue weighted by atomic mass is 32.2. The zero-order chi connectivity index (χ0) is 9.19. The van der Waals surface area contributed by atoms with Gasteiger partial charge in [-0.2, -0.15) is 11.8 Å². The van der Waals surface area contributed by atoms with Crippen molar-refractivity contribution in [2.45, 2.75) is 30.7 Å². The summed E-state index contributed by atoms with van der Waals surface area (Å²) in [7, 11) is 0. The van der Waals surface area contributed by atoms with E-state index in [1.165, 1.54) is 0 Å². The summed E-state index contributed by atoms with van der Waals surface area (Å²) in [6.07, 6.45) is -0.841. The van der Waals surface area contributed by atoms with Crippen molar-refractivity contribution in [2.75, 3.05) is 19.0 Å². The first kappa shape index (κ1) is 10.3. The molecule has 2 atom stereocenters. The number of hydrogen-bond donors (Lipinski definition) is 2. The van der Waals surface area contributed by atoms with E-state index in [1.54, 1.807) is 0 Å². The van der Waals surface area contributed by atoms with Gasteiger partial charge in [0, 0.05) is 23.1 Å². The van der Waals surface area contributed by atoms with E-state index in [0.717, 1.165) is 5.75 Å². The fraction of sp³-hybridized carbons (Fsp3) is 1.00. The van der Waals surface area contributed by atoms with Crippen LogP contribution in [0.1, 0.15) is 13.8 Å². The predicted octanol–water partition coefficient (Wildman–Crippen LogP) is 0.800. The molecule has 4 heteroatoms. The standard InChI is InChI=1S/C8H16FNOS/c1-8(2)7(5-12-8)10-4-6(11)3-9/h6-7,10-11H,3-5H2,1-2H3. The monoisotopic (exact) mass is 193 g/mol. The first-order chi connectivity index (χ1) is 5.56. The highest BCUT2D eigenvalue weighted by Gasteiger charge is 2.38. The average Bonchev–Trinajstić information content (AvgIpc) is 2.02. The third-order valence-electron chi connectivity index (χ3n) is 2.24. The van der Waals surface area contributed by atoms with E-state index in [0.29, 0.717) is 12.6 Å². The maximum atomic E-state index is 11.9. The quantitative estimate of drug-likeness (QED) is 0.692. The van der Waals surface area contributed by atoms with Crippen LogP contribution in [0.3, 0.4) is 0 Å². The van der Waals surface area contributed by atoms with Crippen LogP contribution >= 0.6 is 11.8 Å². The molecule has 0 aromatic heterocycles. The summed E-state index contributed by atoms with van der Waals surface area (Å²) in [6.45, 7) is 4.01. The maximum absolute atomic E-state index is 11.9. The highest BCUT2D eigenvalue weighted by molar-refractivity contribution is 8.02. The van der Waals surface area contributed by atoms with Gasteiger partial charge >= 0.3 is 0 Å². The van der Waals surface area contributed by atoms with Gasteiger partial charge in [-0.3, -0.25) is 0 Å². The van der Waals surface area contributed by atoms with E-state index >= 15 is 0 Å². The Kier molecular flexibility index (Phi) is 3.37. The molecule has 0 aliphatic carbocycles. The van der Waals surface area contributed by atoms with Gasteiger partial charge in [-0.05, 0) is 13.8 Å². The van der Waals surface area contributed by atoms with Crippen LogP contribution in [0.4, 0.5) is 4.39 Å². The van der Waals surface area contributed by atoms with Crippen LogP contribution in [0, 0.1) is 0 Å². The van der Waals surface area contributed by atoms with Gasteiger partial charge in [0.2, 0.25) is 0 Å². The fourth-order valence-corrected chi connectivity index (χ4v) is 2.34. The molecule has 1 fully saturated rings. The van der Waals surface area contributed by atoms with Crippen LogP contribution < -0.4 is 5.32 Å². The second-order valence-corrected chi connectivity index (χ2v) is 5.36. The van der Waals surface area contributed by atoms with Gasteiger partial charge in [-0.1, -0.05) is 0 Å². The van der Waals surface area contributed by atoms with Crippen LogP contribution in [0.2, 0.25) is 0 Å². The molecule has 1 heterocycles. The minimum absolute atomic E-state index is 0.246. The number of thioether (sulfide) groups is 1. The molecule has 1 aliphatic rings. The van der Waals surface area contributed by atoms with Crippen LogP contribution in [-0.2, 0) is 0 Å². The molecule has 2 unspecified atom stereocenters. The molecule has 12 heavy (non-hydrogen) atoms. The molecular weight excluding hydrogens is 177 g/mol. The molecule has 1 rings (SSSR count). The zero-order valence-corrected chi connectivity index (χ0v) is 8.33. The second kappa shape index (κ2) is 3.94. The van der Waals surface area contributed by atoms with E-state index in [2.05, 4.69) is 19.2 Å². The smallest absolute Gasteiger partial charge is 0.117 e. The number of aliphatic hydroxyl groups excluding tert-OH is 1. The molecule has 72 valence electrons. The Bertz CT molecular complexity index is 154. The van der Waals surface area contributed by atoms with E-state index < -0.39 is 12.8 Å². The zero-order valence-electron chi connectivity index (χ0n) is 7.51. The molecule has 1 aliphatic heterocycles. The lowest BCUT2D eigenvalue weighted by atomic mass is 10.0. The lowest BCUT2D eigenvalue weighted by molar-refractivity contribution is 0.133. The fourth-order valence-electron chi connectivity index (χ4n) is 1.14. The Balaban J connectivity index is 2.16. The summed E-state index contributed by atoms with van der Waals surface area (Å²) >= 11 is 1.89. The van der Waals surface area contributed by atoms with Gasteiger partial charge in [0.25, 0.3) is 0 Å². The summed E-state index contributed by atoms with van der Waals surface area (Å²) in [6, 6.07) is 0.420. The van der Waals surface area contributed by atoms with Gasteiger partial charge in [-0.25, -0.2) is 4.39 Å². The number of hydrogen-bond acceptors (Lipinski definition) is 3. The van der Waals surface area contributed by atoms with Crippen molar-refractivity contribution in [3.8, 4) is 0 Å². The van der Waals surface area contributed by atoms with Crippen molar-refractivity contribution in [1.82, 2.24) is 5.32 Å². The van der Waals surface area contributed by atoms with E-state index in [4.69, 9.17) is 5.11 Å². The van der Waals surface area contributed by atoms with E-state index in [-0.39, 0.29) is 4.75 Å². The summed E-state index contributed by atoms with van der Waals surface area (Å²) in [4.78, 5) is 0. The van der Waals surface area contributed by atoms with Gasteiger partial charge in [-0.15, -0.1) is 0 Å². The molecule has 0 saturated carbocycles. The Labute approximate surface area is 76.9 Å². The minimum atomic E-state index is -0.841. The molecule has 0 spiro atoms. The lowest BCUT2D eigenvalue weighted by Gasteiger charge is -2.44. The summed E-state index contributed by atoms with van der Waals surface area (Å²) < 4.78 is 12.1. The number of nitrogens with one attached hydrogen (secondary N) is 1. The Hall–Kier alpha value is 0.200. The summed E-state index contributed by atoms with van der Waals surface area (Å²) in [5, 5.41) is 12.1. The van der Waals surface area contributed by atoms with Gasteiger partial charge in [0.05, 0.1) is 6.10 Å². The van der Waals surface area contributed by atoms with Gasteiger partial charge in [0.1, 0.15) is 6.67 Å². The number of rotatable bonds is 4. The van der Waals surface area contributed by atoms with Crippen molar-refractivity contribution < 1.29 is 9.50 Å². The first-order valence-corrected chi connectivity index (χ1v) is 5.16. The predicted molar refractivity (Wildman–Crippen MR) is 50.3 cm³/mol. The summed E-state index contributed by atoms with van der Waals surface area (Å²) in [5.74, 6) is 1.06. The minimum Gasteiger partial charge on any atom is -0.389 e. The normalized spacial score (nSPS) is 29.5.